The van der Waals surface area contributed by atoms with E-state index in [1.54, 1.807) is 6.07 Å². The zero-order valence-electron chi connectivity index (χ0n) is 13.8. The standard InChI is InChI=1S/C19H16N2O3S/c1-12-13(2)25-19(16(12)10-20)21-18(22)17-14(8-9-23-17)11-24-15-6-4-3-5-7-15/h3-9H,11H2,1-2H3,(H,21,22). The molecule has 2 heterocycles. The second-order valence-electron chi connectivity index (χ2n) is 5.43. The summed E-state index contributed by atoms with van der Waals surface area (Å²) in [5, 5.41) is 12.6. The first-order chi connectivity index (χ1) is 12.1. The molecular weight excluding hydrogens is 336 g/mol. The lowest BCUT2D eigenvalue weighted by molar-refractivity contribution is 0.0993. The second kappa shape index (κ2) is 7.24. The molecule has 1 amide bonds. The number of nitriles is 1. The zero-order chi connectivity index (χ0) is 17.8. The van der Waals surface area contributed by atoms with E-state index in [0.717, 1.165) is 10.4 Å². The van der Waals surface area contributed by atoms with E-state index >= 15 is 0 Å². The van der Waals surface area contributed by atoms with Crippen LogP contribution in [-0.4, -0.2) is 5.91 Å². The number of anilines is 1. The maximum absolute atomic E-state index is 12.5. The average Bonchev–Trinajstić information content (AvgIpc) is 3.19. The van der Waals surface area contributed by atoms with Gasteiger partial charge < -0.3 is 14.5 Å². The number of hydrogen-bond acceptors (Lipinski definition) is 5. The third-order valence-electron chi connectivity index (χ3n) is 3.81. The van der Waals surface area contributed by atoms with Gasteiger partial charge in [0.1, 0.15) is 23.4 Å². The van der Waals surface area contributed by atoms with Crippen LogP contribution >= 0.6 is 11.3 Å². The number of rotatable bonds is 5. The molecule has 0 fully saturated rings. The van der Waals surface area contributed by atoms with E-state index in [1.165, 1.54) is 17.6 Å². The molecule has 0 atom stereocenters. The van der Waals surface area contributed by atoms with Crippen molar-refractivity contribution in [1.29, 1.82) is 5.26 Å². The summed E-state index contributed by atoms with van der Waals surface area (Å²) in [6.07, 6.45) is 1.45. The van der Waals surface area contributed by atoms with Crippen molar-refractivity contribution in [2.24, 2.45) is 0 Å². The molecule has 0 aliphatic rings. The minimum atomic E-state index is -0.394. The van der Waals surface area contributed by atoms with Gasteiger partial charge in [0.05, 0.1) is 11.8 Å². The molecular formula is C19H16N2O3S. The summed E-state index contributed by atoms with van der Waals surface area (Å²) in [5.74, 6) is 0.504. The Labute approximate surface area is 149 Å². The molecule has 3 rings (SSSR count). The number of furan rings is 1. The molecule has 0 aliphatic heterocycles. The highest BCUT2D eigenvalue weighted by atomic mass is 32.1. The van der Waals surface area contributed by atoms with Crippen molar-refractivity contribution < 1.29 is 13.9 Å². The van der Waals surface area contributed by atoms with Crippen LogP contribution in [0.3, 0.4) is 0 Å². The lowest BCUT2D eigenvalue weighted by Crippen LogP contribution is -2.13. The monoisotopic (exact) mass is 352 g/mol. The summed E-state index contributed by atoms with van der Waals surface area (Å²) < 4.78 is 11.0. The predicted octanol–water partition coefficient (Wildman–Crippen LogP) is 4.66. The van der Waals surface area contributed by atoms with E-state index in [9.17, 15) is 10.1 Å². The van der Waals surface area contributed by atoms with E-state index < -0.39 is 5.91 Å². The maximum atomic E-state index is 12.5. The molecule has 25 heavy (non-hydrogen) atoms. The van der Waals surface area contributed by atoms with Crippen molar-refractivity contribution in [3.05, 3.63) is 70.0 Å². The van der Waals surface area contributed by atoms with Gasteiger partial charge in [0.2, 0.25) is 0 Å². The summed E-state index contributed by atoms with van der Waals surface area (Å²) in [6.45, 7) is 4.01. The van der Waals surface area contributed by atoms with Gasteiger partial charge in [-0.05, 0) is 37.6 Å². The van der Waals surface area contributed by atoms with Crippen LogP contribution in [0.15, 0.2) is 47.1 Å². The van der Waals surface area contributed by atoms with Crippen LogP contribution in [0.4, 0.5) is 5.00 Å². The van der Waals surface area contributed by atoms with Crippen molar-refractivity contribution in [2.75, 3.05) is 5.32 Å². The summed E-state index contributed by atoms with van der Waals surface area (Å²) in [4.78, 5) is 13.5. The SMILES string of the molecule is Cc1sc(NC(=O)c2occc2COc2ccccc2)c(C#N)c1C. The van der Waals surface area contributed by atoms with Gasteiger partial charge in [-0.15, -0.1) is 11.3 Å². The quantitative estimate of drug-likeness (QED) is 0.724. The first-order valence-electron chi connectivity index (χ1n) is 7.65. The molecule has 3 aromatic rings. The number of nitrogens with zero attached hydrogens (tertiary/aromatic N) is 1. The molecule has 1 aromatic carbocycles. The number of ether oxygens (including phenoxy) is 1. The number of nitrogens with one attached hydrogen (secondary N) is 1. The van der Waals surface area contributed by atoms with E-state index in [1.807, 2.05) is 44.2 Å². The van der Waals surface area contributed by atoms with Gasteiger partial charge in [-0.2, -0.15) is 5.26 Å². The molecule has 0 unspecified atom stereocenters. The van der Waals surface area contributed by atoms with Gasteiger partial charge in [0, 0.05) is 10.4 Å². The maximum Gasteiger partial charge on any atom is 0.292 e. The van der Waals surface area contributed by atoms with Crippen LogP contribution in [0, 0.1) is 25.2 Å². The number of benzene rings is 1. The first kappa shape index (κ1) is 16.8. The van der Waals surface area contributed by atoms with Crippen LogP contribution in [0.5, 0.6) is 5.75 Å². The molecule has 0 spiro atoms. The molecule has 6 heteroatoms. The Morgan fingerprint density at radius 3 is 2.76 bits per heavy atom. The topological polar surface area (TPSA) is 75.3 Å². The highest BCUT2D eigenvalue weighted by Gasteiger charge is 2.20. The Balaban J connectivity index is 1.75. The second-order valence-corrected chi connectivity index (χ2v) is 6.65. The zero-order valence-corrected chi connectivity index (χ0v) is 14.6. The van der Waals surface area contributed by atoms with Crippen molar-refractivity contribution in [1.82, 2.24) is 0 Å². The number of carbonyl (C=O) groups excluding carboxylic acids is 1. The number of carbonyl (C=O) groups is 1. The molecule has 126 valence electrons. The van der Waals surface area contributed by atoms with Gasteiger partial charge >= 0.3 is 0 Å². The fraction of sp³-hybridized carbons (Fsp3) is 0.158. The molecule has 0 aliphatic carbocycles. The average molecular weight is 352 g/mol. The third kappa shape index (κ3) is 3.57. The van der Waals surface area contributed by atoms with Gasteiger partial charge in [0.25, 0.3) is 5.91 Å². The minimum Gasteiger partial charge on any atom is -0.489 e. The molecule has 0 saturated heterocycles. The molecule has 0 radical (unpaired) electrons. The Kier molecular flexibility index (Phi) is 4.87. The van der Waals surface area contributed by atoms with Crippen molar-refractivity contribution >= 4 is 22.2 Å². The van der Waals surface area contributed by atoms with Crippen LogP contribution in [-0.2, 0) is 6.61 Å². The highest BCUT2D eigenvalue weighted by Crippen LogP contribution is 2.32. The summed E-state index contributed by atoms with van der Waals surface area (Å²) >= 11 is 1.38. The fourth-order valence-electron chi connectivity index (χ4n) is 2.34. The Bertz CT molecular complexity index is 935. The molecule has 0 bridgehead atoms. The summed E-state index contributed by atoms with van der Waals surface area (Å²) in [5.41, 5.74) is 2.02. The van der Waals surface area contributed by atoms with Gasteiger partial charge in [-0.1, -0.05) is 18.2 Å². The third-order valence-corrected chi connectivity index (χ3v) is 4.94. The number of aryl methyl sites for hydroxylation is 1. The number of amides is 1. The number of thiophene rings is 1. The Morgan fingerprint density at radius 2 is 2.04 bits per heavy atom. The smallest absolute Gasteiger partial charge is 0.292 e. The normalized spacial score (nSPS) is 10.3. The minimum absolute atomic E-state index is 0.184. The summed E-state index contributed by atoms with van der Waals surface area (Å²) in [7, 11) is 0. The predicted molar refractivity (Wildman–Crippen MR) is 95.9 cm³/mol. The number of hydrogen-bond donors (Lipinski definition) is 1. The van der Waals surface area contributed by atoms with Gasteiger partial charge in [0.15, 0.2) is 5.76 Å². The van der Waals surface area contributed by atoms with Crippen LogP contribution in [0.2, 0.25) is 0 Å². The lowest BCUT2D eigenvalue weighted by Gasteiger charge is -2.06. The molecule has 0 saturated carbocycles. The van der Waals surface area contributed by atoms with E-state index in [4.69, 9.17) is 9.15 Å². The van der Waals surface area contributed by atoms with Crippen molar-refractivity contribution in [3.63, 3.8) is 0 Å². The van der Waals surface area contributed by atoms with E-state index in [0.29, 0.717) is 21.9 Å². The van der Waals surface area contributed by atoms with Crippen molar-refractivity contribution in [2.45, 2.75) is 20.5 Å². The Hall–Kier alpha value is -3.04. The largest absolute Gasteiger partial charge is 0.489 e. The first-order valence-corrected chi connectivity index (χ1v) is 8.47. The van der Waals surface area contributed by atoms with Gasteiger partial charge in [-0.3, -0.25) is 4.79 Å². The van der Waals surface area contributed by atoms with Crippen LogP contribution in [0.25, 0.3) is 0 Å². The highest BCUT2D eigenvalue weighted by molar-refractivity contribution is 7.16. The Morgan fingerprint density at radius 1 is 1.28 bits per heavy atom. The van der Waals surface area contributed by atoms with Crippen LogP contribution < -0.4 is 10.1 Å². The fourth-order valence-corrected chi connectivity index (χ4v) is 3.34. The van der Waals surface area contributed by atoms with E-state index in [-0.39, 0.29) is 12.4 Å². The van der Waals surface area contributed by atoms with E-state index in [2.05, 4.69) is 11.4 Å². The molecule has 1 N–H and O–H groups in total. The molecule has 5 nitrogen and oxygen atoms in total. The number of para-hydroxylation sites is 1. The lowest BCUT2D eigenvalue weighted by atomic mass is 10.2. The van der Waals surface area contributed by atoms with Crippen LogP contribution in [0.1, 0.15) is 32.1 Å². The molecule has 2 aromatic heterocycles. The van der Waals surface area contributed by atoms with Crippen molar-refractivity contribution in [3.8, 4) is 11.8 Å². The van der Waals surface area contributed by atoms with Gasteiger partial charge in [-0.25, -0.2) is 0 Å². The summed E-state index contributed by atoms with van der Waals surface area (Å²) in [6, 6.07) is 13.2.